The van der Waals surface area contributed by atoms with Gasteiger partial charge in [-0.1, -0.05) is 48.9 Å². The Hall–Kier alpha value is -3.94. The fourth-order valence-corrected chi connectivity index (χ4v) is 4.97. The van der Waals surface area contributed by atoms with Crippen LogP contribution < -0.4 is 9.64 Å². The van der Waals surface area contributed by atoms with Crippen LogP contribution in [0, 0.1) is 5.92 Å². The number of hydrogen-bond donors (Lipinski definition) is 0. The van der Waals surface area contributed by atoms with Gasteiger partial charge in [0.2, 0.25) is 11.8 Å². The molecule has 0 atom stereocenters. The topological polar surface area (TPSA) is 78.9 Å². The van der Waals surface area contributed by atoms with Crippen molar-refractivity contribution in [1.82, 2.24) is 20.0 Å². The fourth-order valence-electron chi connectivity index (χ4n) is 4.97. The van der Waals surface area contributed by atoms with Crippen molar-refractivity contribution in [2.24, 2.45) is 5.92 Å². The van der Waals surface area contributed by atoms with E-state index in [0.29, 0.717) is 32.7 Å². The van der Waals surface area contributed by atoms with Gasteiger partial charge in [-0.15, -0.1) is 10.2 Å². The van der Waals surface area contributed by atoms with E-state index in [-0.39, 0.29) is 24.3 Å². The van der Waals surface area contributed by atoms with Gasteiger partial charge in [0.25, 0.3) is 0 Å². The summed E-state index contributed by atoms with van der Waals surface area (Å²) in [6.07, 6.45) is 3.73. The van der Waals surface area contributed by atoms with Gasteiger partial charge in [-0.25, -0.2) is 0 Å². The first kappa shape index (κ1) is 25.7. The van der Waals surface area contributed by atoms with E-state index in [4.69, 9.17) is 4.74 Å². The van der Waals surface area contributed by atoms with E-state index in [1.165, 1.54) is 5.56 Å². The van der Waals surface area contributed by atoms with Gasteiger partial charge in [0.1, 0.15) is 5.75 Å². The van der Waals surface area contributed by atoms with Crippen molar-refractivity contribution in [2.45, 2.75) is 25.7 Å². The molecule has 0 radical (unpaired) electrons. The molecule has 0 N–H and O–H groups in total. The predicted molar refractivity (Wildman–Crippen MR) is 147 cm³/mol. The van der Waals surface area contributed by atoms with Crippen LogP contribution >= 0.6 is 0 Å². The minimum atomic E-state index is 0.0184. The standard InChI is InChI=1S/C30H35N5O3/c1-38-26-12-6-11-25(21-26)27-13-14-28(32-31-27)33-17-19-34(20-18-33)29(36)22-35(30(37)24-9-5-10-24)16-15-23-7-3-2-4-8-23/h2-4,6-8,11-14,21,24H,5,9-10,15-20,22H2,1H3. The van der Waals surface area contributed by atoms with Gasteiger partial charge < -0.3 is 19.4 Å². The highest BCUT2D eigenvalue weighted by Gasteiger charge is 2.32. The molecule has 2 fully saturated rings. The van der Waals surface area contributed by atoms with E-state index in [1.807, 2.05) is 59.5 Å². The van der Waals surface area contributed by atoms with Crippen LogP contribution in [0.4, 0.5) is 5.82 Å². The molecule has 2 aromatic carbocycles. The molecule has 1 saturated carbocycles. The van der Waals surface area contributed by atoms with Gasteiger partial charge in [-0.05, 0) is 49.1 Å². The summed E-state index contributed by atoms with van der Waals surface area (Å²) in [5, 5.41) is 8.86. The SMILES string of the molecule is COc1cccc(-c2ccc(N3CCN(C(=O)CN(CCc4ccccc4)C(=O)C4CCC4)CC3)nn2)c1. The van der Waals surface area contributed by atoms with Crippen molar-refractivity contribution in [3.05, 3.63) is 72.3 Å². The highest BCUT2D eigenvalue weighted by atomic mass is 16.5. The second-order valence-corrected chi connectivity index (χ2v) is 10.00. The molecule has 1 aliphatic heterocycles. The van der Waals surface area contributed by atoms with Crippen molar-refractivity contribution in [3.63, 3.8) is 0 Å². The van der Waals surface area contributed by atoms with E-state index in [1.54, 1.807) is 12.0 Å². The average Bonchev–Trinajstić information content (AvgIpc) is 2.95. The second kappa shape index (κ2) is 12.1. The van der Waals surface area contributed by atoms with Crippen molar-refractivity contribution in [3.8, 4) is 17.0 Å². The number of anilines is 1. The number of rotatable bonds is 9. The van der Waals surface area contributed by atoms with Crippen LogP contribution in [0.2, 0.25) is 0 Å². The Labute approximate surface area is 224 Å². The van der Waals surface area contributed by atoms with Crippen molar-refractivity contribution >= 4 is 17.6 Å². The number of aromatic nitrogens is 2. The van der Waals surface area contributed by atoms with Gasteiger partial charge >= 0.3 is 0 Å². The molecule has 2 aliphatic rings. The summed E-state index contributed by atoms with van der Waals surface area (Å²) in [6.45, 7) is 3.28. The van der Waals surface area contributed by atoms with Crippen LogP contribution in [0.5, 0.6) is 5.75 Å². The van der Waals surface area contributed by atoms with E-state index >= 15 is 0 Å². The normalized spacial score (nSPS) is 15.6. The van der Waals surface area contributed by atoms with Crippen molar-refractivity contribution in [2.75, 3.05) is 51.3 Å². The average molecular weight is 514 g/mol. The Balaban J connectivity index is 1.16. The Kier molecular flexibility index (Phi) is 8.16. The fraction of sp³-hybridized carbons (Fsp3) is 0.400. The van der Waals surface area contributed by atoms with Gasteiger partial charge in [0, 0.05) is 44.2 Å². The first-order valence-corrected chi connectivity index (χ1v) is 13.4. The molecular weight excluding hydrogens is 478 g/mol. The van der Waals surface area contributed by atoms with Crippen LogP contribution in [0.1, 0.15) is 24.8 Å². The van der Waals surface area contributed by atoms with E-state index < -0.39 is 0 Å². The molecule has 3 aromatic rings. The molecule has 0 spiro atoms. The molecule has 198 valence electrons. The largest absolute Gasteiger partial charge is 0.497 e. The van der Waals surface area contributed by atoms with Gasteiger partial charge in [-0.3, -0.25) is 9.59 Å². The number of methoxy groups -OCH3 is 1. The molecule has 2 amide bonds. The Morgan fingerprint density at radius 3 is 2.39 bits per heavy atom. The molecule has 38 heavy (non-hydrogen) atoms. The smallest absolute Gasteiger partial charge is 0.242 e. The third-order valence-electron chi connectivity index (χ3n) is 7.58. The van der Waals surface area contributed by atoms with Crippen molar-refractivity contribution in [1.29, 1.82) is 0 Å². The van der Waals surface area contributed by atoms with Gasteiger partial charge in [0.05, 0.1) is 19.3 Å². The molecular formula is C30H35N5O3. The van der Waals surface area contributed by atoms with Crippen LogP contribution in [-0.4, -0.2) is 78.2 Å². The molecule has 0 unspecified atom stereocenters. The first-order chi connectivity index (χ1) is 18.6. The summed E-state index contributed by atoms with van der Waals surface area (Å²) in [5.41, 5.74) is 2.92. The summed E-state index contributed by atoms with van der Waals surface area (Å²) in [7, 11) is 1.65. The Bertz CT molecular complexity index is 1220. The maximum Gasteiger partial charge on any atom is 0.242 e. The third kappa shape index (κ3) is 6.13. The Morgan fingerprint density at radius 1 is 0.947 bits per heavy atom. The minimum absolute atomic E-state index is 0.0184. The van der Waals surface area contributed by atoms with Crippen LogP contribution in [0.3, 0.4) is 0 Å². The maximum atomic E-state index is 13.2. The van der Waals surface area contributed by atoms with Crippen LogP contribution in [-0.2, 0) is 16.0 Å². The third-order valence-corrected chi connectivity index (χ3v) is 7.58. The molecule has 1 aromatic heterocycles. The molecule has 1 aliphatic carbocycles. The van der Waals surface area contributed by atoms with Crippen molar-refractivity contribution < 1.29 is 14.3 Å². The van der Waals surface area contributed by atoms with E-state index in [9.17, 15) is 9.59 Å². The molecule has 0 bridgehead atoms. The molecule has 8 nitrogen and oxygen atoms in total. The number of ether oxygens (including phenoxy) is 1. The first-order valence-electron chi connectivity index (χ1n) is 13.4. The zero-order chi connectivity index (χ0) is 26.3. The summed E-state index contributed by atoms with van der Waals surface area (Å²) in [5.74, 6) is 1.81. The zero-order valence-corrected chi connectivity index (χ0v) is 22.0. The van der Waals surface area contributed by atoms with Crippen LogP contribution in [0.25, 0.3) is 11.3 Å². The number of piperazine rings is 1. The molecule has 2 heterocycles. The number of carbonyl (C=O) groups is 2. The lowest BCUT2D eigenvalue weighted by Crippen LogP contribution is -2.53. The number of nitrogens with zero attached hydrogens (tertiary/aromatic N) is 5. The highest BCUT2D eigenvalue weighted by Crippen LogP contribution is 2.28. The summed E-state index contributed by atoms with van der Waals surface area (Å²) in [4.78, 5) is 32.1. The monoisotopic (exact) mass is 513 g/mol. The van der Waals surface area contributed by atoms with Gasteiger partial charge in [0.15, 0.2) is 5.82 Å². The van der Waals surface area contributed by atoms with E-state index in [2.05, 4.69) is 27.2 Å². The highest BCUT2D eigenvalue weighted by molar-refractivity contribution is 5.86. The molecule has 8 heteroatoms. The Morgan fingerprint density at radius 2 is 1.74 bits per heavy atom. The predicted octanol–water partition coefficient (Wildman–Crippen LogP) is 3.67. The lowest BCUT2D eigenvalue weighted by molar-refractivity contribution is -0.144. The van der Waals surface area contributed by atoms with Gasteiger partial charge in [-0.2, -0.15) is 0 Å². The number of carbonyl (C=O) groups excluding carboxylic acids is 2. The number of amides is 2. The molecule has 1 saturated heterocycles. The number of benzene rings is 2. The summed E-state index contributed by atoms with van der Waals surface area (Å²) >= 11 is 0. The minimum Gasteiger partial charge on any atom is -0.497 e. The maximum absolute atomic E-state index is 13.2. The van der Waals surface area contributed by atoms with E-state index in [0.717, 1.165) is 48.5 Å². The molecule has 5 rings (SSSR count). The quantitative estimate of drug-likeness (QED) is 0.435. The lowest BCUT2D eigenvalue weighted by Gasteiger charge is -2.37. The number of hydrogen-bond acceptors (Lipinski definition) is 6. The second-order valence-electron chi connectivity index (χ2n) is 10.00. The summed E-state index contributed by atoms with van der Waals surface area (Å²) in [6, 6.07) is 21.8. The lowest BCUT2D eigenvalue weighted by atomic mass is 9.84. The zero-order valence-electron chi connectivity index (χ0n) is 22.0. The van der Waals surface area contributed by atoms with Crippen LogP contribution in [0.15, 0.2) is 66.7 Å². The summed E-state index contributed by atoms with van der Waals surface area (Å²) < 4.78 is 5.31.